The first-order valence-corrected chi connectivity index (χ1v) is 7.38. The molecule has 18 heavy (non-hydrogen) atoms. The lowest BCUT2D eigenvalue weighted by Crippen LogP contribution is -2.41. The van der Waals surface area contributed by atoms with Crippen LogP contribution in [0.1, 0.15) is 44.9 Å². The van der Waals surface area contributed by atoms with E-state index in [0.29, 0.717) is 5.92 Å². The van der Waals surface area contributed by atoms with Crippen LogP contribution in [0.2, 0.25) is 0 Å². The zero-order chi connectivity index (χ0) is 12.8. The van der Waals surface area contributed by atoms with Gasteiger partial charge >= 0.3 is 0 Å². The highest BCUT2D eigenvalue weighted by atomic mass is 16.5. The number of amides is 1. The van der Waals surface area contributed by atoms with Crippen LogP contribution in [-0.2, 0) is 9.53 Å². The monoisotopic (exact) mass is 254 g/mol. The molecule has 1 heterocycles. The molecular weight excluding hydrogens is 228 g/mol. The van der Waals surface area contributed by atoms with Gasteiger partial charge in [0.2, 0.25) is 5.91 Å². The van der Waals surface area contributed by atoms with Crippen molar-refractivity contribution in [1.29, 1.82) is 0 Å². The molecule has 1 amide bonds. The average molecular weight is 254 g/mol. The number of carbonyl (C=O) groups is 1. The molecule has 2 rings (SSSR count). The molecule has 1 aliphatic carbocycles. The van der Waals surface area contributed by atoms with Crippen molar-refractivity contribution in [1.82, 2.24) is 5.32 Å². The van der Waals surface area contributed by atoms with Gasteiger partial charge in [0.25, 0.3) is 0 Å². The normalized spacial score (nSPS) is 33.1. The first kappa shape index (κ1) is 13.8. The molecule has 3 unspecified atom stereocenters. The summed E-state index contributed by atoms with van der Waals surface area (Å²) in [4.78, 5) is 12.1. The Morgan fingerprint density at radius 3 is 2.83 bits per heavy atom. The molecule has 0 aromatic carbocycles. The lowest BCUT2D eigenvalue weighted by molar-refractivity contribution is -0.125. The second kappa shape index (κ2) is 7.10. The van der Waals surface area contributed by atoms with Crippen molar-refractivity contribution in [2.45, 2.75) is 51.0 Å². The minimum atomic E-state index is 0.0346. The van der Waals surface area contributed by atoms with Gasteiger partial charge in [-0.25, -0.2) is 0 Å². The summed E-state index contributed by atoms with van der Waals surface area (Å²) < 4.78 is 5.33. The minimum absolute atomic E-state index is 0.0346. The van der Waals surface area contributed by atoms with Gasteiger partial charge in [-0.2, -0.15) is 0 Å². The SMILES string of the molecule is NC1CCCCCC1C(=O)NCCC1CCOC1. The number of hydrogen-bond donors (Lipinski definition) is 2. The second-order valence-electron chi connectivity index (χ2n) is 5.72. The van der Waals surface area contributed by atoms with Crippen LogP contribution in [0.25, 0.3) is 0 Å². The van der Waals surface area contributed by atoms with Crippen molar-refractivity contribution < 1.29 is 9.53 Å². The Hall–Kier alpha value is -0.610. The van der Waals surface area contributed by atoms with E-state index < -0.39 is 0 Å². The zero-order valence-corrected chi connectivity index (χ0v) is 11.2. The Bertz CT molecular complexity index is 265. The highest BCUT2D eigenvalue weighted by Gasteiger charge is 2.26. The van der Waals surface area contributed by atoms with Crippen LogP contribution >= 0.6 is 0 Å². The molecule has 2 aliphatic rings. The van der Waals surface area contributed by atoms with Gasteiger partial charge < -0.3 is 15.8 Å². The van der Waals surface area contributed by atoms with Crippen molar-refractivity contribution in [3.8, 4) is 0 Å². The fourth-order valence-electron chi connectivity index (χ4n) is 3.00. The van der Waals surface area contributed by atoms with Gasteiger partial charge in [-0.15, -0.1) is 0 Å². The summed E-state index contributed by atoms with van der Waals surface area (Å²) in [6.07, 6.45) is 7.66. The van der Waals surface area contributed by atoms with E-state index in [1.165, 1.54) is 12.8 Å². The fourth-order valence-corrected chi connectivity index (χ4v) is 3.00. The van der Waals surface area contributed by atoms with Gasteiger partial charge in [-0.05, 0) is 31.6 Å². The highest BCUT2D eigenvalue weighted by molar-refractivity contribution is 5.79. The molecular formula is C14H26N2O2. The largest absolute Gasteiger partial charge is 0.381 e. The predicted octanol–water partition coefficient (Wildman–Crippen LogP) is 1.44. The van der Waals surface area contributed by atoms with Gasteiger partial charge in [0.05, 0.1) is 5.92 Å². The van der Waals surface area contributed by atoms with E-state index >= 15 is 0 Å². The van der Waals surface area contributed by atoms with Crippen molar-refractivity contribution >= 4 is 5.91 Å². The molecule has 0 aromatic heterocycles. The molecule has 1 aliphatic heterocycles. The molecule has 0 bridgehead atoms. The first-order chi connectivity index (χ1) is 8.77. The molecule has 0 aromatic rings. The molecule has 0 radical (unpaired) electrons. The number of hydrogen-bond acceptors (Lipinski definition) is 3. The van der Waals surface area contributed by atoms with Crippen LogP contribution in [0.5, 0.6) is 0 Å². The molecule has 0 spiro atoms. The summed E-state index contributed by atoms with van der Waals surface area (Å²) in [6.45, 7) is 2.51. The molecule has 4 heteroatoms. The van der Waals surface area contributed by atoms with Crippen molar-refractivity contribution in [2.75, 3.05) is 19.8 Å². The smallest absolute Gasteiger partial charge is 0.224 e. The van der Waals surface area contributed by atoms with Crippen molar-refractivity contribution in [3.63, 3.8) is 0 Å². The van der Waals surface area contributed by atoms with Crippen molar-refractivity contribution in [3.05, 3.63) is 0 Å². The minimum Gasteiger partial charge on any atom is -0.381 e. The third-order valence-electron chi connectivity index (χ3n) is 4.28. The van der Waals surface area contributed by atoms with Crippen LogP contribution in [0.15, 0.2) is 0 Å². The Labute approximate surface area is 110 Å². The molecule has 1 saturated carbocycles. The summed E-state index contributed by atoms with van der Waals surface area (Å²) in [5.74, 6) is 0.837. The van der Waals surface area contributed by atoms with Crippen LogP contribution < -0.4 is 11.1 Å². The quantitative estimate of drug-likeness (QED) is 0.746. The van der Waals surface area contributed by atoms with Gasteiger partial charge in [0.1, 0.15) is 0 Å². The molecule has 104 valence electrons. The number of nitrogens with two attached hydrogens (primary N) is 1. The molecule has 1 saturated heterocycles. The van der Waals surface area contributed by atoms with Crippen molar-refractivity contribution in [2.24, 2.45) is 17.6 Å². The zero-order valence-electron chi connectivity index (χ0n) is 11.2. The standard InChI is InChI=1S/C14H26N2O2/c15-13-5-3-1-2-4-12(13)14(17)16-8-6-11-7-9-18-10-11/h11-13H,1-10,15H2,(H,16,17). The highest BCUT2D eigenvalue weighted by Crippen LogP contribution is 2.22. The van der Waals surface area contributed by atoms with Gasteiger partial charge in [0, 0.05) is 25.8 Å². The number of rotatable bonds is 4. The summed E-state index contributed by atoms with van der Waals surface area (Å²) in [6, 6.07) is 0.0577. The van der Waals surface area contributed by atoms with Crippen LogP contribution in [0.4, 0.5) is 0 Å². The summed E-state index contributed by atoms with van der Waals surface area (Å²) in [7, 11) is 0. The third kappa shape index (κ3) is 3.95. The topological polar surface area (TPSA) is 64.4 Å². The molecule has 3 atom stereocenters. The Kier molecular flexibility index (Phi) is 5.45. The summed E-state index contributed by atoms with van der Waals surface area (Å²) in [5.41, 5.74) is 6.09. The first-order valence-electron chi connectivity index (χ1n) is 7.38. The number of ether oxygens (including phenoxy) is 1. The van der Waals surface area contributed by atoms with Gasteiger partial charge in [0.15, 0.2) is 0 Å². The van der Waals surface area contributed by atoms with Crippen LogP contribution in [0.3, 0.4) is 0 Å². The van der Waals surface area contributed by atoms with E-state index in [2.05, 4.69) is 5.32 Å². The lowest BCUT2D eigenvalue weighted by Gasteiger charge is -2.20. The third-order valence-corrected chi connectivity index (χ3v) is 4.28. The van der Waals surface area contributed by atoms with Crippen LogP contribution in [0, 0.1) is 11.8 Å². The van der Waals surface area contributed by atoms with Gasteiger partial charge in [-0.1, -0.05) is 19.3 Å². The maximum absolute atomic E-state index is 12.1. The fraction of sp³-hybridized carbons (Fsp3) is 0.929. The summed E-state index contributed by atoms with van der Waals surface area (Å²) in [5, 5.41) is 3.06. The van der Waals surface area contributed by atoms with E-state index in [1.54, 1.807) is 0 Å². The van der Waals surface area contributed by atoms with E-state index in [9.17, 15) is 4.79 Å². The Balaban J connectivity index is 1.69. The second-order valence-corrected chi connectivity index (χ2v) is 5.72. The number of nitrogens with one attached hydrogen (secondary N) is 1. The predicted molar refractivity (Wildman–Crippen MR) is 71.1 cm³/mol. The van der Waals surface area contributed by atoms with Crippen LogP contribution in [-0.4, -0.2) is 31.7 Å². The maximum Gasteiger partial charge on any atom is 0.224 e. The Morgan fingerprint density at radius 2 is 2.06 bits per heavy atom. The van der Waals surface area contributed by atoms with E-state index in [0.717, 1.165) is 51.9 Å². The van der Waals surface area contributed by atoms with E-state index in [1.807, 2.05) is 0 Å². The Morgan fingerprint density at radius 1 is 1.22 bits per heavy atom. The van der Waals surface area contributed by atoms with E-state index in [-0.39, 0.29) is 17.9 Å². The molecule has 4 nitrogen and oxygen atoms in total. The molecule has 3 N–H and O–H groups in total. The summed E-state index contributed by atoms with van der Waals surface area (Å²) >= 11 is 0. The average Bonchev–Trinajstić information content (AvgIpc) is 2.77. The molecule has 2 fully saturated rings. The van der Waals surface area contributed by atoms with E-state index in [4.69, 9.17) is 10.5 Å². The maximum atomic E-state index is 12.1. The lowest BCUT2D eigenvalue weighted by atomic mass is 9.94. The van der Waals surface area contributed by atoms with Gasteiger partial charge in [-0.3, -0.25) is 4.79 Å². The number of carbonyl (C=O) groups excluding carboxylic acids is 1.